The highest BCUT2D eigenvalue weighted by molar-refractivity contribution is 5.81. The van der Waals surface area contributed by atoms with Crippen LogP contribution in [0.5, 0.6) is 0 Å². The minimum atomic E-state index is -0.548. The van der Waals surface area contributed by atoms with Crippen molar-refractivity contribution in [2.45, 2.75) is 18.9 Å². The van der Waals surface area contributed by atoms with Crippen LogP contribution < -0.4 is 11.1 Å². The van der Waals surface area contributed by atoms with Crippen LogP contribution in [0.4, 0.5) is 0 Å². The van der Waals surface area contributed by atoms with Crippen molar-refractivity contribution in [1.29, 1.82) is 5.26 Å². The molecule has 0 bridgehead atoms. The van der Waals surface area contributed by atoms with Crippen LogP contribution >= 0.6 is 0 Å². The van der Waals surface area contributed by atoms with Crippen LogP contribution in [0.15, 0.2) is 30.3 Å². The van der Waals surface area contributed by atoms with Gasteiger partial charge in [-0.1, -0.05) is 30.3 Å². The van der Waals surface area contributed by atoms with Crippen LogP contribution in [-0.2, 0) is 11.2 Å². The van der Waals surface area contributed by atoms with Crippen molar-refractivity contribution in [3.63, 3.8) is 0 Å². The van der Waals surface area contributed by atoms with E-state index in [2.05, 4.69) is 5.32 Å². The zero-order chi connectivity index (χ0) is 11.8. The molecule has 0 fully saturated rings. The summed E-state index contributed by atoms with van der Waals surface area (Å²) in [6.07, 6.45) is 1.35. The van der Waals surface area contributed by atoms with Crippen LogP contribution in [0, 0.1) is 11.3 Å². The monoisotopic (exact) mass is 217 g/mol. The Kier molecular flexibility index (Phi) is 5.03. The number of amides is 1. The summed E-state index contributed by atoms with van der Waals surface area (Å²) in [7, 11) is 0. The van der Waals surface area contributed by atoms with Gasteiger partial charge in [0, 0.05) is 0 Å². The maximum absolute atomic E-state index is 11.3. The molecule has 1 amide bonds. The Morgan fingerprint density at radius 1 is 1.44 bits per heavy atom. The van der Waals surface area contributed by atoms with Gasteiger partial charge in [0.1, 0.15) is 6.54 Å². The van der Waals surface area contributed by atoms with Crippen LogP contribution in [0.25, 0.3) is 0 Å². The van der Waals surface area contributed by atoms with Gasteiger partial charge >= 0.3 is 0 Å². The van der Waals surface area contributed by atoms with E-state index in [0.717, 1.165) is 12.0 Å². The number of nitriles is 1. The van der Waals surface area contributed by atoms with Gasteiger partial charge in [0.05, 0.1) is 12.1 Å². The molecule has 1 atom stereocenters. The first-order chi connectivity index (χ1) is 7.74. The summed E-state index contributed by atoms with van der Waals surface area (Å²) in [5.74, 6) is -0.266. The van der Waals surface area contributed by atoms with Gasteiger partial charge in [-0.15, -0.1) is 0 Å². The SMILES string of the molecule is N#CCNC(=O)[C@@H](N)CCc1ccccc1. The highest BCUT2D eigenvalue weighted by Gasteiger charge is 2.12. The fourth-order valence-corrected chi connectivity index (χ4v) is 1.36. The molecule has 16 heavy (non-hydrogen) atoms. The first-order valence-electron chi connectivity index (χ1n) is 5.18. The molecule has 0 aliphatic heterocycles. The molecule has 0 saturated heterocycles. The minimum absolute atomic E-state index is 0.0118. The van der Waals surface area contributed by atoms with E-state index in [0.29, 0.717) is 6.42 Å². The van der Waals surface area contributed by atoms with Gasteiger partial charge in [0.15, 0.2) is 0 Å². The number of carbonyl (C=O) groups excluding carboxylic acids is 1. The van der Waals surface area contributed by atoms with Crippen molar-refractivity contribution in [2.24, 2.45) is 5.73 Å². The van der Waals surface area contributed by atoms with Crippen LogP contribution in [0.1, 0.15) is 12.0 Å². The van der Waals surface area contributed by atoms with Gasteiger partial charge < -0.3 is 11.1 Å². The molecule has 0 spiro atoms. The normalized spacial score (nSPS) is 11.5. The molecule has 1 rings (SSSR count). The molecule has 0 unspecified atom stereocenters. The molecule has 1 aromatic carbocycles. The quantitative estimate of drug-likeness (QED) is 0.708. The second-order valence-corrected chi connectivity index (χ2v) is 3.51. The third-order valence-electron chi connectivity index (χ3n) is 2.27. The molecule has 4 heteroatoms. The molecule has 4 nitrogen and oxygen atoms in total. The molecule has 84 valence electrons. The predicted octanol–water partition coefficient (Wildman–Crippen LogP) is 0.586. The third-order valence-corrected chi connectivity index (χ3v) is 2.27. The van der Waals surface area contributed by atoms with Crippen molar-refractivity contribution in [3.8, 4) is 6.07 Å². The van der Waals surface area contributed by atoms with Crippen molar-refractivity contribution in [3.05, 3.63) is 35.9 Å². The van der Waals surface area contributed by atoms with Crippen LogP contribution in [0.2, 0.25) is 0 Å². The molecule has 0 radical (unpaired) electrons. The fourth-order valence-electron chi connectivity index (χ4n) is 1.36. The smallest absolute Gasteiger partial charge is 0.237 e. The Morgan fingerprint density at radius 3 is 2.75 bits per heavy atom. The highest BCUT2D eigenvalue weighted by atomic mass is 16.2. The molecule has 0 aliphatic carbocycles. The summed E-state index contributed by atoms with van der Waals surface area (Å²) in [5.41, 5.74) is 6.84. The first kappa shape index (κ1) is 12.2. The average molecular weight is 217 g/mol. The van der Waals surface area contributed by atoms with Gasteiger partial charge in [0.25, 0.3) is 0 Å². The lowest BCUT2D eigenvalue weighted by Crippen LogP contribution is -2.40. The molecule has 0 aliphatic rings. The Labute approximate surface area is 95.1 Å². The molecule has 0 aromatic heterocycles. The van der Waals surface area contributed by atoms with Crippen molar-refractivity contribution < 1.29 is 4.79 Å². The minimum Gasteiger partial charge on any atom is -0.342 e. The van der Waals surface area contributed by atoms with E-state index < -0.39 is 6.04 Å². The van der Waals surface area contributed by atoms with Gasteiger partial charge in [-0.3, -0.25) is 4.79 Å². The molecular weight excluding hydrogens is 202 g/mol. The lowest BCUT2D eigenvalue weighted by molar-refractivity contribution is -0.122. The van der Waals surface area contributed by atoms with Crippen molar-refractivity contribution >= 4 is 5.91 Å². The zero-order valence-electron chi connectivity index (χ0n) is 9.02. The first-order valence-corrected chi connectivity index (χ1v) is 5.18. The zero-order valence-corrected chi connectivity index (χ0v) is 9.02. The predicted molar refractivity (Wildman–Crippen MR) is 61.4 cm³/mol. The lowest BCUT2D eigenvalue weighted by Gasteiger charge is -2.10. The number of nitrogens with one attached hydrogen (secondary N) is 1. The number of rotatable bonds is 5. The molecule has 1 aromatic rings. The van der Waals surface area contributed by atoms with Gasteiger partial charge in [-0.05, 0) is 18.4 Å². The third kappa shape index (κ3) is 4.11. The molecular formula is C12H15N3O. The standard InChI is InChI=1S/C12H15N3O/c13-8-9-15-12(16)11(14)7-6-10-4-2-1-3-5-10/h1-5,11H,6-7,9,14H2,(H,15,16)/t11-/m0/s1. The number of hydrogen-bond acceptors (Lipinski definition) is 3. The van der Waals surface area contributed by atoms with Crippen LogP contribution in [-0.4, -0.2) is 18.5 Å². The number of carbonyl (C=O) groups is 1. The largest absolute Gasteiger partial charge is 0.342 e. The Hall–Kier alpha value is -1.86. The average Bonchev–Trinajstić information content (AvgIpc) is 2.34. The number of aryl methyl sites for hydroxylation is 1. The van der Waals surface area contributed by atoms with E-state index in [1.54, 1.807) is 0 Å². The Bertz CT molecular complexity index is 370. The number of nitrogens with two attached hydrogens (primary N) is 1. The maximum Gasteiger partial charge on any atom is 0.237 e. The van der Waals surface area contributed by atoms with E-state index in [9.17, 15) is 4.79 Å². The summed E-state index contributed by atoms with van der Waals surface area (Å²) in [4.78, 5) is 11.3. The summed E-state index contributed by atoms with van der Waals surface area (Å²) in [6, 6.07) is 11.1. The van der Waals surface area contributed by atoms with Crippen molar-refractivity contribution in [2.75, 3.05) is 6.54 Å². The van der Waals surface area contributed by atoms with E-state index in [1.807, 2.05) is 36.4 Å². The second-order valence-electron chi connectivity index (χ2n) is 3.51. The lowest BCUT2D eigenvalue weighted by atomic mass is 10.1. The Morgan fingerprint density at radius 2 is 2.12 bits per heavy atom. The summed E-state index contributed by atoms with van der Waals surface area (Å²) in [5, 5.41) is 10.7. The summed E-state index contributed by atoms with van der Waals surface area (Å²) in [6.45, 7) is 0.0118. The van der Waals surface area contributed by atoms with E-state index in [1.165, 1.54) is 0 Å². The highest BCUT2D eigenvalue weighted by Crippen LogP contribution is 2.03. The van der Waals surface area contributed by atoms with Crippen LogP contribution in [0.3, 0.4) is 0 Å². The number of hydrogen-bond donors (Lipinski definition) is 2. The second kappa shape index (κ2) is 6.59. The van der Waals surface area contributed by atoms with Gasteiger partial charge in [-0.2, -0.15) is 5.26 Å². The van der Waals surface area contributed by atoms with E-state index >= 15 is 0 Å². The fraction of sp³-hybridized carbons (Fsp3) is 0.333. The van der Waals surface area contributed by atoms with Gasteiger partial charge in [0.2, 0.25) is 5.91 Å². The molecule has 0 heterocycles. The topological polar surface area (TPSA) is 78.9 Å². The maximum atomic E-state index is 11.3. The van der Waals surface area contributed by atoms with E-state index in [4.69, 9.17) is 11.0 Å². The van der Waals surface area contributed by atoms with Crippen molar-refractivity contribution in [1.82, 2.24) is 5.32 Å². The number of nitrogens with zero attached hydrogens (tertiary/aromatic N) is 1. The molecule has 3 N–H and O–H groups in total. The van der Waals surface area contributed by atoms with E-state index in [-0.39, 0.29) is 12.5 Å². The summed E-state index contributed by atoms with van der Waals surface area (Å²) >= 11 is 0. The number of benzene rings is 1. The summed E-state index contributed by atoms with van der Waals surface area (Å²) < 4.78 is 0. The molecule has 0 saturated carbocycles. The van der Waals surface area contributed by atoms with Gasteiger partial charge in [-0.25, -0.2) is 0 Å². The Balaban J connectivity index is 2.33.